The average molecular weight is 479 g/mol. The van der Waals surface area contributed by atoms with Crippen molar-refractivity contribution in [1.82, 2.24) is 9.78 Å². The van der Waals surface area contributed by atoms with Crippen LogP contribution in [0.15, 0.2) is 69.3 Å². The van der Waals surface area contributed by atoms with Crippen LogP contribution < -0.4 is 5.56 Å². The Labute approximate surface area is 193 Å². The van der Waals surface area contributed by atoms with Gasteiger partial charge in [-0.3, -0.25) is 4.79 Å². The van der Waals surface area contributed by atoms with Gasteiger partial charge >= 0.3 is 0 Å². The molecule has 4 rings (SSSR count). The van der Waals surface area contributed by atoms with E-state index in [2.05, 4.69) is 5.10 Å². The molecule has 0 aliphatic carbocycles. The zero-order chi connectivity index (χ0) is 20.9. The van der Waals surface area contributed by atoms with E-state index in [0.717, 1.165) is 42.0 Å². The van der Waals surface area contributed by atoms with Gasteiger partial charge in [-0.2, -0.15) is 9.78 Å². The molecule has 1 atom stereocenters. The molecule has 0 unspecified atom stereocenters. The molecule has 1 saturated heterocycles. The lowest BCUT2D eigenvalue weighted by Gasteiger charge is -2.22. The van der Waals surface area contributed by atoms with E-state index in [1.54, 1.807) is 24.0 Å². The maximum atomic E-state index is 13.4. The van der Waals surface area contributed by atoms with Gasteiger partial charge in [-0.05, 0) is 49.1 Å². The SMILES string of the molecule is O=c1c(SCc2ccc(Cl)cc2Cl)c(S[C@H]2CCCCO2)cnn1-c1ccccc1. The molecular weight excluding hydrogens is 459 g/mol. The van der Waals surface area contributed by atoms with Gasteiger partial charge in [0, 0.05) is 27.3 Å². The molecule has 8 heteroatoms. The Hall–Kier alpha value is -1.44. The van der Waals surface area contributed by atoms with Crippen LogP contribution in [0.2, 0.25) is 10.0 Å². The van der Waals surface area contributed by atoms with Crippen LogP contribution in [0.25, 0.3) is 5.69 Å². The highest BCUT2D eigenvalue weighted by Gasteiger charge is 2.21. The molecule has 30 heavy (non-hydrogen) atoms. The smallest absolute Gasteiger partial charge is 0.286 e. The second-order valence-electron chi connectivity index (χ2n) is 6.83. The molecule has 1 fully saturated rings. The van der Waals surface area contributed by atoms with Crippen LogP contribution >= 0.6 is 46.7 Å². The van der Waals surface area contributed by atoms with E-state index in [9.17, 15) is 4.79 Å². The summed E-state index contributed by atoms with van der Waals surface area (Å²) in [6.45, 7) is 0.759. The Morgan fingerprint density at radius 1 is 1.13 bits per heavy atom. The minimum absolute atomic E-state index is 0.0472. The molecule has 1 aliphatic heterocycles. The largest absolute Gasteiger partial charge is 0.367 e. The topological polar surface area (TPSA) is 44.1 Å². The monoisotopic (exact) mass is 478 g/mol. The summed E-state index contributed by atoms with van der Waals surface area (Å²) in [5.41, 5.74) is 1.57. The van der Waals surface area contributed by atoms with Crippen molar-refractivity contribution in [3.05, 3.63) is 80.7 Å². The summed E-state index contributed by atoms with van der Waals surface area (Å²) in [7, 11) is 0. The molecular formula is C22H20Cl2N2O2S2. The predicted molar refractivity (Wildman–Crippen MR) is 125 cm³/mol. The highest BCUT2D eigenvalue weighted by Crippen LogP contribution is 2.36. The summed E-state index contributed by atoms with van der Waals surface area (Å²) in [5, 5.41) is 5.62. The number of thioether (sulfide) groups is 2. The number of hydrogen-bond acceptors (Lipinski definition) is 5. The van der Waals surface area contributed by atoms with Gasteiger partial charge in [-0.1, -0.05) is 59.2 Å². The number of rotatable bonds is 6. The first kappa shape index (κ1) is 21.8. The molecule has 0 saturated carbocycles. The van der Waals surface area contributed by atoms with E-state index < -0.39 is 0 Å². The summed E-state index contributed by atoms with van der Waals surface area (Å²) in [6, 6.07) is 14.9. The summed E-state index contributed by atoms with van der Waals surface area (Å²) >= 11 is 15.4. The summed E-state index contributed by atoms with van der Waals surface area (Å²) in [5.74, 6) is 0.559. The van der Waals surface area contributed by atoms with Gasteiger partial charge in [0.15, 0.2) is 0 Å². The summed E-state index contributed by atoms with van der Waals surface area (Å²) in [4.78, 5) is 14.9. The number of ether oxygens (including phenoxy) is 1. The van der Waals surface area contributed by atoms with Crippen molar-refractivity contribution < 1.29 is 4.74 Å². The van der Waals surface area contributed by atoms with Gasteiger partial charge in [-0.25, -0.2) is 0 Å². The Kier molecular flexibility index (Phi) is 7.44. The predicted octanol–water partition coefficient (Wildman–Crippen LogP) is 6.45. The maximum absolute atomic E-state index is 13.4. The van der Waals surface area contributed by atoms with E-state index in [0.29, 0.717) is 20.7 Å². The zero-order valence-corrected chi connectivity index (χ0v) is 19.2. The lowest BCUT2D eigenvalue weighted by atomic mass is 10.2. The molecule has 3 aromatic rings. The van der Waals surface area contributed by atoms with Crippen molar-refractivity contribution >= 4 is 46.7 Å². The molecule has 0 amide bonds. The van der Waals surface area contributed by atoms with Gasteiger partial charge < -0.3 is 4.74 Å². The Morgan fingerprint density at radius 3 is 2.70 bits per heavy atom. The van der Waals surface area contributed by atoms with Crippen LogP contribution in [0, 0.1) is 0 Å². The number of aromatic nitrogens is 2. The normalized spacial score (nSPS) is 16.5. The average Bonchev–Trinajstić information content (AvgIpc) is 2.76. The second-order valence-corrected chi connectivity index (χ2v) is 9.86. The van der Waals surface area contributed by atoms with Crippen LogP contribution in [-0.2, 0) is 10.5 Å². The molecule has 0 N–H and O–H groups in total. The second kappa shape index (κ2) is 10.2. The Bertz CT molecular complexity index is 1070. The summed E-state index contributed by atoms with van der Waals surface area (Å²) < 4.78 is 7.31. The molecule has 2 heterocycles. The minimum atomic E-state index is -0.142. The van der Waals surface area contributed by atoms with Crippen LogP contribution in [0.1, 0.15) is 24.8 Å². The molecule has 0 radical (unpaired) electrons. The third kappa shape index (κ3) is 5.24. The first-order valence-electron chi connectivity index (χ1n) is 9.64. The quantitative estimate of drug-likeness (QED) is 0.380. The lowest BCUT2D eigenvalue weighted by Crippen LogP contribution is -2.24. The highest BCUT2D eigenvalue weighted by molar-refractivity contribution is 8.02. The fraction of sp³-hybridized carbons (Fsp3) is 0.273. The Balaban J connectivity index is 1.67. The number of benzene rings is 2. The van der Waals surface area contributed by atoms with Gasteiger partial charge in [0.25, 0.3) is 5.56 Å². The van der Waals surface area contributed by atoms with E-state index in [-0.39, 0.29) is 11.0 Å². The highest BCUT2D eigenvalue weighted by atomic mass is 35.5. The molecule has 1 aliphatic rings. The first-order chi connectivity index (χ1) is 14.6. The zero-order valence-electron chi connectivity index (χ0n) is 16.1. The van der Waals surface area contributed by atoms with Crippen LogP contribution in [-0.4, -0.2) is 21.8 Å². The van der Waals surface area contributed by atoms with E-state index >= 15 is 0 Å². The molecule has 2 aromatic carbocycles. The van der Waals surface area contributed by atoms with Crippen molar-refractivity contribution in [1.29, 1.82) is 0 Å². The lowest BCUT2D eigenvalue weighted by molar-refractivity contribution is 0.0727. The van der Waals surface area contributed by atoms with E-state index in [4.69, 9.17) is 27.9 Å². The Morgan fingerprint density at radius 2 is 1.97 bits per heavy atom. The van der Waals surface area contributed by atoms with Gasteiger partial charge in [0.1, 0.15) is 5.44 Å². The van der Waals surface area contributed by atoms with E-state index in [1.165, 1.54) is 16.4 Å². The maximum Gasteiger partial charge on any atom is 0.286 e. The van der Waals surface area contributed by atoms with Crippen LogP contribution in [0.5, 0.6) is 0 Å². The van der Waals surface area contributed by atoms with Crippen molar-refractivity contribution in [2.45, 2.75) is 40.2 Å². The standard InChI is InChI=1S/C22H20Cl2N2O2S2/c23-16-10-9-15(18(24)12-16)14-29-21-19(30-20-8-4-5-11-28-20)13-25-26(22(21)27)17-6-2-1-3-7-17/h1-3,6-7,9-10,12-13,20H,4-5,8,11,14H2/t20-/m0/s1. The van der Waals surface area contributed by atoms with Gasteiger partial charge in [0.2, 0.25) is 0 Å². The van der Waals surface area contributed by atoms with Crippen LogP contribution in [0.3, 0.4) is 0 Å². The third-order valence-electron chi connectivity index (χ3n) is 4.69. The molecule has 0 spiro atoms. The number of hydrogen-bond donors (Lipinski definition) is 0. The molecule has 156 valence electrons. The first-order valence-corrected chi connectivity index (χ1v) is 12.3. The fourth-order valence-corrected chi connectivity index (χ4v) is 5.99. The minimum Gasteiger partial charge on any atom is -0.367 e. The van der Waals surface area contributed by atoms with Crippen molar-refractivity contribution in [3.8, 4) is 5.69 Å². The van der Waals surface area contributed by atoms with Gasteiger partial charge in [0.05, 0.1) is 16.8 Å². The van der Waals surface area contributed by atoms with Crippen LogP contribution in [0.4, 0.5) is 0 Å². The van der Waals surface area contributed by atoms with Gasteiger partial charge in [-0.15, -0.1) is 11.8 Å². The van der Waals surface area contributed by atoms with E-state index in [1.807, 2.05) is 42.5 Å². The van der Waals surface area contributed by atoms with Crippen molar-refractivity contribution in [3.63, 3.8) is 0 Å². The molecule has 1 aromatic heterocycles. The third-order valence-corrected chi connectivity index (χ3v) is 7.74. The number of halogens is 2. The number of para-hydroxylation sites is 1. The van der Waals surface area contributed by atoms with Crippen molar-refractivity contribution in [2.75, 3.05) is 6.61 Å². The number of nitrogens with zero attached hydrogens (tertiary/aromatic N) is 2. The molecule has 0 bridgehead atoms. The molecule has 4 nitrogen and oxygen atoms in total. The van der Waals surface area contributed by atoms with Crippen molar-refractivity contribution in [2.24, 2.45) is 0 Å². The summed E-state index contributed by atoms with van der Waals surface area (Å²) in [6.07, 6.45) is 4.96. The fourth-order valence-electron chi connectivity index (χ4n) is 3.13.